The topological polar surface area (TPSA) is 64.1 Å². The highest BCUT2D eigenvalue weighted by atomic mass is 32.2. The maximum Gasteiger partial charge on any atom is 0.115 e. The summed E-state index contributed by atoms with van der Waals surface area (Å²) in [7, 11) is 0. The molecule has 1 aromatic heterocycles. The molecule has 0 aliphatic carbocycles. The summed E-state index contributed by atoms with van der Waals surface area (Å²) < 4.78 is 2.26. The van der Waals surface area contributed by atoms with Gasteiger partial charge in [-0.1, -0.05) is 20.8 Å². The van der Waals surface area contributed by atoms with Gasteiger partial charge < -0.3 is 15.4 Å². The summed E-state index contributed by atoms with van der Waals surface area (Å²) in [6, 6.07) is 6.01. The van der Waals surface area contributed by atoms with Crippen LogP contribution in [-0.2, 0) is 5.41 Å². The van der Waals surface area contributed by atoms with E-state index < -0.39 is 0 Å². The number of nitrogens with two attached hydrogens (primary N) is 1. The Morgan fingerprint density at radius 2 is 2.05 bits per heavy atom. The van der Waals surface area contributed by atoms with Crippen LogP contribution in [-0.4, -0.2) is 32.8 Å². The number of aliphatic hydroxyl groups excluding tert-OH is 1. The van der Waals surface area contributed by atoms with Gasteiger partial charge in [0.15, 0.2) is 0 Å². The minimum Gasteiger partial charge on any atom is -0.399 e. The second-order valence-electron chi connectivity index (χ2n) is 6.50. The zero-order chi connectivity index (χ0) is 15.8. The Kier molecular flexibility index (Phi) is 4.54. The van der Waals surface area contributed by atoms with Crippen molar-refractivity contribution in [3.8, 4) is 0 Å². The minimum atomic E-state index is -0.0690. The number of imidazole rings is 1. The number of anilines is 1. The normalized spacial score (nSPS) is 15.3. The quantitative estimate of drug-likeness (QED) is 0.851. The summed E-state index contributed by atoms with van der Waals surface area (Å²) in [5.74, 6) is 1.03. The van der Waals surface area contributed by atoms with E-state index in [0.29, 0.717) is 0 Å². The van der Waals surface area contributed by atoms with Crippen LogP contribution >= 0.6 is 11.8 Å². The Morgan fingerprint density at radius 3 is 2.57 bits per heavy atom. The summed E-state index contributed by atoms with van der Waals surface area (Å²) in [5.41, 5.74) is 8.54. The number of thioether (sulfide) groups is 1. The molecule has 2 rings (SSSR count). The number of fused-ring (bicyclic) bond motifs is 1. The van der Waals surface area contributed by atoms with Crippen LogP contribution in [0.15, 0.2) is 18.2 Å². The summed E-state index contributed by atoms with van der Waals surface area (Å²) in [6.45, 7) is 8.78. The van der Waals surface area contributed by atoms with Crippen molar-refractivity contribution < 1.29 is 5.11 Å². The van der Waals surface area contributed by atoms with Gasteiger partial charge in [0, 0.05) is 22.4 Å². The van der Waals surface area contributed by atoms with Crippen molar-refractivity contribution in [2.24, 2.45) is 0 Å². The molecular weight excluding hydrogens is 282 g/mol. The lowest BCUT2D eigenvalue weighted by atomic mass is 9.95. The largest absolute Gasteiger partial charge is 0.399 e. The molecule has 1 heterocycles. The SMILES string of the molecule is CSC(CO)C(C)n1c(C(C)(C)C)nc2cc(N)ccc21. The van der Waals surface area contributed by atoms with Gasteiger partial charge in [-0.25, -0.2) is 4.98 Å². The van der Waals surface area contributed by atoms with Crippen molar-refractivity contribution >= 4 is 28.5 Å². The summed E-state index contributed by atoms with van der Waals surface area (Å²) in [6.07, 6.45) is 2.03. The zero-order valence-electron chi connectivity index (χ0n) is 13.4. The molecule has 21 heavy (non-hydrogen) atoms. The van der Waals surface area contributed by atoms with Gasteiger partial charge in [-0.2, -0.15) is 11.8 Å². The van der Waals surface area contributed by atoms with Crippen molar-refractivity contribution in [2.45, 2.75) is 44.4 Å². The van der Waals surface area contributed by atoms with Crippen LogP contribution in [0.25, 0.3) is 11.0 Å². The van der Waals surface area contributed by atoms with E-state index in [9.17, 15) is 5.11 Å². The van der Waals surface area contributed by atoms with Gasteiger partial charge in [-0.15, -0.1) is 0 Å². The summed E-state index contributed by atoms with van der Waals surface area (Å²) in [4.78, 5) is 4.81. The first-order chi connectivity index (χ1) is 9.79. The molecule has 0 bridgehead atoms. The van der Waals surface area contributed by atoms with Crippen molar-refractivity contribution in [2.75, 3.05) is 18.6 Å². The van der Waals surface area contributed by atoms with Crippen molar-refractivity contribution in [1.29, 1.82) is 0 Å². The van der Waals surface area contributed by atoms with E-state index in [0.717, 1.165) is 22.5 Å². The summed E-state index contributed by atoms with van der Waals surface area (Å²) >= 11 is 1.68. The van der Waals surface area contributed by atoms with Crippen molar-refractivity contribution in [3.63, 3.8) is 0 Å². The number of aromatic nitrogens is 2. The Balaban J connectivity index is 2.69. The average molecular weight is 307 g/mol. The fourth-order valence-electron chi connectivity index (χ4n) is 2.65. The maximum atomic E-state index is 9.63. The van der Waals surface area contributed by atoms with Crippen molar-refractivity contribution in [1.82, 2.24) is 9.55 Å². The number of nitrogen functional groups attached to an aromatic ring is 1. The first kappa shape index (κ1) is 16.2. The molecule has 0 aliphatic rings. The number of hydrogen-bond donors (Lipinski definition) is 2. The average Bonchev–Trinajstić information content (AvgIpc) is 2.78. The van der Waals surface area contributed by atoms with E-state index in [4.69, 9.17) is 10.7 Å². The van der Waals surface area contributed by atoms with Gasteiger partial charge in [0.2, 0.25) is 0 Å². The van der Waals surface area contributed by atoms with Crippen LogP contribution in [0.5, 0.6) is 0 Å². The highest BCUT2D eigenvalue weighted by Gasteiger charge is 2.28. The third-order valence-electron chi connectivity index (χ3n) is 3.81. The molecule has 0 spiro atoms. The van der Waals surface area contributed by atoms with Gasteiger partial charge >= 0.3 is 0 Å². The van der Waals surface area contributed by atoms with Crippen LogP contribution in [0, 0.1) is 0 Å². The Bertz CT molecular complexity index is 626. The highest BCUT2D eigenvalue weighted by Crippen LogP contribution is 2.33. The van der Waals surface area contributed by atoms with E-state index in [-0.39, 0.29) is 23.3 Å². The molecule has 2 aromatic rings. The lowest BCUT2D eigenvalue weighted by molar-refractivity contribution is 0.268. The predicted molar refractivity (Wildman–Crippen MR) is 91.9 cm³/mol. The Morgan fingerprint density at radius 1 is 1.38 bits per heavy atom. The molecule has 0 aliphatic heterocycles. The smallest absolute Gasteiger partial charge is 0.115 e. The number of rotatable bonds is 4. The third-order valence-corrected chi connectivity index (χ3v) is 4.96. The van der Waals surface area contributed by atoms with Gasteiger partial charge in [0.1, 0.15) is 5.82 Å². The first-order valence-corrected chi connectivity index (χ1v) is 8.50. The molecule has 4 nitrogen and oxygen atoms in total. The van der Waals surface area contributed by atoms with E-state index in [1.165, 1.54) is 0 Å². The van der Waals surface area contributed by atoms with E-state index >= 15 is 0 Å². The van der Waals surface area contributed by atoms with E-state index in [2.05, 4.69) is 32.3 Å². The Hall–Kier alpha value is -1.20. The van der Waals surface area contributed by atoms with Crippen LogP contribution in [0.1, 0.15) is 39.6 Å². The molecular formula is C16H25N3OS. The number of nitrogens with zero attached hydrogens (tertiary/aromatic N) is 2. The van der Waals surface area contributed by atoms with E-state index in [1.807, 2.05) is 24.5 Å². The lowest BCUT2D eigenvalue weighted by Gasteiger charge is -2.28. The molecule has 5 heteroatoms. The first-order valence-electron chi connectivity index (χ1n) is 7.21. The van der Waals surface area contributed by atoms with Crippen LogP contribution in [0.2, 0.25) is 0 Å². The maximum absolute atomic E-state index is 9.63. The number of hydrogen-bond acceptors (Lipinski definition) is 4. The van der Waals surface area contributed by atoms with Gasteiger partial charge in [0.05, 0.1) is 17.6 Å². The molecule has 0 radical (unpaired) electrons. The van der Waals surface area contributed by atoms with E-state index in [1.54, 1.807) is 11.8 Å². The van der Waals surface area contributed by atoms with Gasteiger partial charge in [0.25, 0.3) is 0 Å². The molecule has 0 saturated heterocycles. The Labute approximate surface area is 130 Å². The summed E-state index contributed by atoms with van der Waals surface area (Å²) in [5, 5.41) is 9.77. The molecule has 0 saturated carbocycles. The van der Waals surface area contributed by atoms with Crippen LogP contribution in [0.3, 0.4) is 0 Å². The van der Waals surface area contributed by atoms with Crippen molar-refractivity contribution in [3.05, 3.63) is 24.0 Å². The standard InChI is InChI=1S/C16H25N3OS/c1-10(14(9-20)21-5)19-13-7-6-11(17)8-12(13)18-15(19)16(2,3)4/h6-8,10,14,20H,9,17H2,1-5H3. The molecule has 2 atom stereocenters. The molecule has 2 unspecified atom stereocenters. The molecule has 1 aromatic carbocycles. The minimum absolute atomic E-state index is 0.0690. The van der Waals surface area contributed by atoms with Crippen LogP contribution in [0.4, 0.5) is 5.69 Å². The monoisotopic (exact) mass is 307 g/mol. The number of benzene rings is 1. The van der Waals surface area contributed by atoms with Crippen LogP contribution < -0.4 is 5.73 Å². The number of aliphatic hydroxyl groups is 1. The zero-order valence-corrected chi connectivity index (χ0v) is 14.2. The second kappa shape index (κ2) is 5.89. The molecule has 0 fully saturated rings. The predicted octanol–water partition coefficient (Wildman–Crippen LogP) is 3.20. The molecule has 116 valence electrons. The third kappa shape index (κ3) is 3.04. The lowest BCUT2D eigenvalue weighted by Crippen LogP contribution is -2.27. The highest BCUT2D eigenvalue weighted by molar-refractivity contribution is 7.99. The fraction of sp³-hybridized carbons (Fsp3) is 0.562. The molecule has 0 amide bonds. The second-order valence-corrected chi connectivity index (χ2v) is 7.58. The van der Waals surface area contributed by atoms with Gasteiger partial charge in [-0.3, -0.25) is 0 Å². The molecule has 3 N–H and O–H groups in total. The fourth-order valence-corrected chi connectivity index (χ4v) is 3.31. The van der Waals surface area contributed by atoms with Gasteiger partial charge in [-0.05, 0) is 31.4 Å².